The summed E-state index contributed by atoms with van der Waals surface area (Å²) in [5.41, 5.74) is 2.31. The molecule has 0 radical (unpaired) electrons. The lowest BCUT2D eigenvalue weighted by Gasteiger charge is -2.16. The first-order valence-corrected chi connectivity index (χ1v) is 9.86. The molecule has 3 rings (SSSR count). The predicted octanol–water partition coefficient (Wildman–Crippen LogP) is 5.15. The van der Waals surface area contributed by atoms with Crippen molar-refractivity contribution < 1.29 is 0 Å². The van der Waals surface area contributed by atoms with E-state index in [2.05, 4.69) is 41.4 Å². The number of thiophene rings is 1. The maximum Gasteiger partial charge on any atom is 0.206 e. The van der Waals surface area contributed by atoms with Crippen LogP contribution in [0, 0.1) is 0 Å². The number of hydrogen-bond acceptors (Lipinski definition) is 4. The van der Waals surface area contributed by atoms with Crippen LogP contribution in [-0.2, 0) is 0 Å². The Labute approximate surface area is 140 Å². The molecular weight excluding hydrogens is 310 g/mol. The fourth-order valence-corrected chi connectivity index (χ4v) is 4.38. The van der Waals surface area contributed by atoms with E-state index < -0.39 is 0 Å². The molecule has 1 fully saturated rings. The highest BCUT2D eigenvalue weighted by molar-refractivity contribution is 7.14. The second-order valence-corrected chi connectivity index (χ2v) is 7.59. The van der Waals surface area contributed by atoms with Crippen molar-refractivity contribution in [2.45, 2.75) is 58.4 Å². The number of aromatic nitrogens is 1. The van der Waals surface area contributed by atoms with Crippen molar-refractivity contribution in [3.05, 3.63) is 27.7 Å². The van der Waals surface area contributed by atoms with Gasteiger partial charge in [0.15, 0.2) is 0 Å². The first kappa shape index (κ1) is 15.7. The number of hydrogen-bond donors (Lipinski definition) is 0. The molecule has 0 unspecified atom stereocenters. The van der Waals surface area contributed by atoms with Crippen molar-refractivity contribution in [1.29, 1.82) is 0 Å². The molecule has 0 spiro atoms. The average Bonchev–Trinajstić information content (AvgIpc) is 3.19. The van der Waals surface area contributed by atoms with E-state index in [1.54, 1.807) is 22.7 Å². The Hall–Kier alpha value is -1.20. The van der Waals surface area contributed by atoms with Gasteiger partial charge in [-0.15, -0.1) is 22.7 Å². The van der Waals surface area contributed by atoms with E-state index in [0.717, 1.165) is 16.9 Å². The fourth-order valence-electron chi connectivity index (χ4n) is 2.69. The molecule has 0 atom stereocenters. The Bertz CT molecular complexity index is 686. The average molecular weight is 334 g/mol. The van der Waals surface area contributed by atoms with E-state index in [1.165, 1.54) is 42.7 Å². The summed E-state index contributed by atoms with van der Waals surface area (Å²) in [7, 11) is 0. The smallest absolute Gasteiger partial charge is 0.206 e. The van der Waals surface area contributed by atoms with Crippen molar-refractivity contribution in [2.24, 2.45) is 10.1 Å². The fraction of sp³-hybridized carbons (Fsp3) is 0.529. The molecule has 0 amide bonds. The van der Waals surface area contributed by atoms with Crippen LogP contribution in [0.2, 0.25) is 0 Å². The van der Waals surface area contributed by atoms with E-state index in [-0.39, 0.29) is 0 Å². The largest absolute Gasteiger partial charge is 0.254 e. The Kier molecular flexibility index (Phi) is 5.26. The normalized spacial score (nSPS) is 18.1. The van der Waals surface area contributed by atoms with Crippen LogP contribution in [0.3, 0.4) is 0 Å². The van der Waals surface area contributed by atoms with Crippen LogP contribution >= 0.6 is 22.7 Å². The molecule has 0 bridgehead atoms. The van der Waals surface area contributed by atoms with Gasteiger partial charge in [0, 0.05) is 11.1 Å². The van der Waals surface area contributed by atoms with Crippen LogP contribution in [0.15, 0.2) is 33.0 Å². The molecule has 2 heterocycles. The van der Waals surface area contributed by atoms with Gasteiger partial charge in [-0.25, -0.2) is 4.68 Å². The Morgan fingerprint density at radius 3 is 2.77 bits per heavy atom. The van der Waals surface area contributed by atoms with Crippen LogP contribution in [0.25, 0.3) is 10.6 Å². The number of thiazole rings is 1. The summed E-state index contributed by atoms with van der Waals surface area (Å²) < 4.78 is 2.06. The molecule has 0 aromatic carbocycles. The predicted molar refractivity (Wildman–Crippen MR) is 96.9 cm³/mol. The van der Waals surface area contributed by atoms with Crippen LogP contribution in [0.4, 0.5) is 0 Å². The highest BCUT2D eigenvalue weighted by Crippen LogP contribution is 2.26. The van der Waals surface area contributed by atoms with Crippen LogP contribution in [0.1, 0.15) is 52.4 Å². The first-order chi connectivity index (χ1) is 10.8. The Balaban J connectivity index is 2.04. The molecule has 1 aliphatic carbocycles. The summed E-state index contributed by atoms with van der Waals surface area (Å²) in [4.78, 5) is 7.32. The highest BCUT2D eigenvalue weighted by atomic mass is 32.1. The molecule has 0 N–H and O–H groups in total. The van der Waals surface area contributed by atoms with Gasteiger partial charge in [0.25, 0.3) is 0 Å². The summed E-state index contributed by atoms with van der Waals surface area (Å²) in [5.74, 6) is 0. The standard InChI is InChI=1S/C17H23N3S2/c1-3-13(2)19-20-15(16-10-7-11-21-16)12-22-17(20)18-14-8-5-4-6-9-14/h7,10-12,14H,3-6,8-9H2,1-2H3. The monoisotopic (exact) mass is 333 g/mol. The van der Waals surface area contributed by atoms with Crippen molar-refractivity contribution in [1.82, 2.24) is 4.68 Å². The van der Waals surface area contributed by atoms with Crippen LogP contribution < -0.4 is 4.80 Å². The van der Waals surface area contributed by atoms with Gasteiger partial charge in [0.2, 0.25) is 4.80 Å². The van der Waals surface area contributed by atoms with Gasteiger partial charge < -0.3 is 0 Å². The van der Waals surface area contributed by atoms with Crippen molar-refractivity contribution in [3.63, 3.8) is 0 Å². The maximum atomic E-state index is 5.01. The molecule has 3 nitrogen and oxygen atoms in total. The van der Waals surface area contributed by atoms with Crippen molar-refractivity contribution >= 4 is 28.4 Å². The van der Waals surface area contributed by atoms with Crippen LogP contribution in [0.5, 0.6) is 0 Å². The van der Waals surface area contributed by atoms with E-state index in [9.17, 15) is 0 Å². The lowest BCUT2D eigenvalue weighted by atomic mass is 9.96. The Morgan fingerprint density at radius 2 is 2.09 bits per heavy atom. The minimum Gasteiger partial charge on any atom is -0.254 e. The summed E-state index contributed by atoms with van der Waals surface area (Å²) in [6.45, 7) is 4.24. The zero-order valence-corrected chi connectivity index (χ0v) is 14.9. The SMILES string of the molecule is CCC(C)=Nn1c(-c2cccs2)csc1=NC1CCCCC1. The number of nitrogens with zero attached hydrogens (tertiary/aromatic N) is 3. The molecule has 2 aromatic rings. The second-order valence-electron chi connectivity index (χ2n) is 5.80. The van der Waals surface area contributed by atoms with E-state index in [0.29, 0.717) is 6.04 Å². The third-order valence-electron chi connectivity index (χ3n) is 4.11. The zero-order valence-electron chi connectivity index (χ0n) is 13.3. The van der Waals surface area contributed by atoms with Gasteiger partial charge in [0.05, 0.1) is 16.6 Å². The van der Waals surface area contributed by atoms with Gasteiger partial charge in [0.1, 0.15) is 0 Å². The lowest BCUT2D eigenvalue weighted by molar-refractivity contribution is 0.435. The van der Waals surface area contributed by atoms with E-state index in [4.69, 9.17) is 10.1 Å². The minimum absolute atomic E-state index is 0.479. The molecule has 0 saturated heterocycles. The van der Waals surface area contributed by atoms with Gasteiger partial charge >= 0.3 is 0 Å². The van der Waals surface area contributed by atoms with Gasteiger partial charge in [-0.2, -0.15) is 5.10 Å². The third-order valence-corrected chi connectivity index (χ3v) is 5.83. The molecule has 2 aromatic heterocycles. The quantitative estimate of drug-likeness (QED) is 0.693. The van der Waals surface area contributed by atoms with Gasteiger partial charge in [-0.3, -0.25) is 4.99 Å². The Morgan fingerprint density at radius 1 is 1.27 bits per heavy atom. The molecular formula is C17H23N3S2. The molecule has 5 heteroatoms. The summed E-state index contributed by atoms with van der Waals surface area (Å²) >= 11 is 3.48. The lowest BCUT2D eigenvalue weighted by Crippen LogP contribution is -2.19. The molecule has 118 valence electrons. The molecule has 0 aliphatic heterocycles. The van der Waals surface area contributed by atoms with Crippen molar-refractivity contribution in [3.8, 4) is 10.6 Å². The third kappa shape index (κ3) is 3.58. The molecule has 1 aliphatic rings. The zero-order chi connectivity index (χ0) is 15.4. The van der Waals surface area contributed by atoms with Crippen molar-refractivity contribution in [2.75, 3.05) is 0 Å². The van der Waals surface area contributed by atoms with Gasteiger partial charge in [-0.1, -0.05) is 32.3 Å². The molecule has 1 saturated carbocycles. The molecule has 22 heavy (non-hydrogen) atoms. The summed E-state index contributed by atoms with van der Waals surface area (Å²) in [5, 5.41) is 9.13. The maximum absolute atomic E-state index is 5.01. The first-order valence-electron chi connectivity index (χ1n) is 8.10. The van der Waals surface area contributed by atoms with E-state index in [1.807, 2.05) is 0 Å². The van der Waals surface area contributed by atoms with Crippen LogP contribution in [-0.4, -0.2) is 16.4 Å². The summed E-state index contributed by atoms with van der Waals surface area (Å²) in [6.07, 6.45) is 7.41. The minimum atomic E-state index is 0.479. The van der Waals surface area contributed by atoms with E-state index >= 15 is 0 Å². The summed E-state index contributed by atoms with van der Waals surface area (Å²) in [6, 6.07) is 4.73. The highest BCUT2D eigenvalue weighted by Gasteiger charge is 2.14. The number of rotatable bonds is 4. The topological polar surface area (TPSA) is 29.6 Å². The van der Waals surface area contributed by atoms with Gasteiger partial charge in [-0.05, 0) is 37.6 Å². The second kappa shape index (κ2) is 7.38.